The van der Waals surface area contributed by atoms with Gasteiger partial charge in [-0.15, -0.1) is 10.2 Å². The number of carbonyl (C=O) groups excluding carboxylic acids is 1. The molecule has 0 spiro atoms. The number of hydrogen-bond donors (Lipinski definition) is 2. The summed E-state index contributed by atoms with van der Waals surface area (Å²) in [6.45, 7) is 0. The van der Waals surface area contributed by atoms with Gasteiger partial charge in [0.15, 0.2) is 5.82 Å². The van der Waals surface area contributed by atoms with Gasteiger partial charge in [0.2, 0.25) is 11.1 Å². The SMILES string of the molecule is Nn1c(SCC(=O)Nc2ccccc2F)nnc1-c1ccncc1. The van der Waals surface area contributed by atoms with Crippen LogP contribution in [0, 0.1) is 5.82 Å². The first-order chi connectivity index (χ1) is 11.6. The van der Waals surface area contributed by atoms with E-state index in [0.717, 1.165) is 17.3 Å². The highest BCUT2D eigenvalue weighted by Gasteiger charge is 2.14. The highest BCUT2D eigenvalue weighted by Crippen LogP contribution is 2.21. The van der Waals surface area contributed by atoms with Crippen molar-refractivity contribution < 1.29 is 9.18 Å². The van der Waals surface area contributed by atoms with E-state index in [1.54, 1.807) is 36.7 Å². The number of aromatic nitrogens is 4. The average Bonchev–Trinajstić information content (AvgIpc) is 2.97. The molecule has 1 aromatic carbocycles. The Balaban J connectivity index is 1.64. The molecule has 0 fully saturated rings. The molecule has 3 aromatic rings. The van der Waals surface area contributed by atoms with Crippen LogP contribution in [0.5, 0.6) is 0 Å². The first kappa shape index (κ1) is 15.9. The number of nitrogens with zero attached hydrogens (tertiary/aromatic N) is 4. The molecule has 0 unspecified atom stereocenters. The molecule has 9 heteroatoms. The molecule has 0 bridgehead atoms. The number of amides is 1. The van der Waals surface area contributed by atoms with E-state index < -0.39 is 5.82 Å². The maximum atomic E-state index is 13.5. The Morgan fingerprint density at radius 1 is 1.21 bits per heavy atom. The number of anilines is 1. The van der Waals surface area contributed by atoms with E-state index in [2.05, 4.69) is 20.5 Å². The molecule has 3 N–H and O–H groups in total. The van der Waals surface area contributed by atoms with Crippen LogP contribution in [0.25, 0.3) is 11.4 Å². The Morgan fingerprint density at radius 2 is 1.96 bits per heavy atom. The van der Waals surface area contributed by atoms with Gasteiger partial charge in [-0.2, -0.15) is 0 Å². The third-order valence-electron chi connectivity index (χ3n) is 3.08. The van der Waals surface area contributed by atoms with Crippen LogP contribution in [0.15, 0.2) is 53.9 Å². The molecule has 2 aromatic heterocycles. The van der Waals surface area contributed by atoms with Gasteiger partial charge in [-0.3, -0.25) is 9.78 Å². The van der Waals surface area contributed by atoms with Crippen molar-refractivity contribution in [1.82, 2.24) is 19.9 Å². The van der Waals surface area contributed by atoms with Crippen molar-refractivity contribution in [1.29, 1.82) is 0 Å². The molecule has 24 heavy (non-hydrogen) atoms. The number of benzene rings is 1. The fraction of sp³-hybridized carbons (Fsp3) is 0.0667. The number of pyridine rings is 1. The molecule has 0 aliphatic heterocycles. The predicted molar refractivity (Wildman–Crippen MR) is 89.2 cm³/mol. The summed E-state index contributed by atoms with van der Waals surface area (Å²) in [6.07, 6.45) is 3.25. The van der Waals surface area contributed by atoms with Crippen LogP contribution in [0.4, 0.5) is 10.1 Å². The molecule has 0 saturated carbocycles. The average molecular weight is 344 g/mol. The van der Waals surface area contributed by atoms with Crippen LogP contribution in [0.1, 0.15) is 0 Å². The summed E-state index contributed by atoms with van der Waals surface area (Å²) in [4.78, 5) is 15.8. The van der Waals surface area contributed by atoms with Gasteiger partial charge in [-0.05, 0) is 24.3 Å². The quantitative estimate of drug-likeness (QED) is 0.542. The molecule has 0 atom stereocenters. The maximum Gasteiger partial charge on any atom is 0.234 e. The summed E-state index contributed by atoms with van der Waals surface area (Å²) < 4.78 is 14.8. The summed E-state index contributed by atoms with van der Waals surface area (Å²) in [5, 5.41) is 10.9. The van der Waals surface area contributed by atoms with Crippen LogP contribution in [-0.2, 0) is 4.79 Å². The van der Waals surface area contributed by atoms with Crippen molar-refractivity contribution in [2.75, 3.05) is 16.9 Å². The topological polar surface area (TPSA) is 98.7 Å². The molecule has 0 saturated heterocycles. The zero-order valence-electron chi connectivity index (χ0n) is 12.4. The smallest absolute Gasteiger partial charge is 0.234 e. The minimum absolute atomic E-state index is 0.0278. The highest BCUT2D eigenvalue weighted by atomic mass is 32.2. The third kappa shape index (κ3) is 3.51. The number of para-hydroxylation sites is 1. The second-order valence-electron chi connectivity index (χ2n) is 4.73. The first-order valence-electron chi connectivity index (χ1n) is 6.93. The number of halogens is 1. The minimum atomic E-state index is -0.488. The van der Waals surface area contributed by atoms with Gasteiger partial charge in [0, 0.05) is 18.0 Å². The Morgan fingerprint density at radius 3 is 2.71 bits per heavy atom. The standard InChI is InChI=1S/C15H13FN6OS/c16-11-3-1-2-4-12(11)19-13(23)9-24-15-21-20-14(22(15)17)10-5-7-18-8-6-10/h1-8H,9,17H2,(H,19,23). The summed E-state index contributed by atoms with van der Waals surface area (Å²) in [6, 6.07) is 9.48. The molecule has 7 nitrogen and oxygen atoms in total. The molecule has 1 amide bonds. The number of rotatable bonds is 5. The van der Waals surface area contributed by atoms with Gasteiger partial charge in [-0.25, -0.2) is 9.07 Å². The van der Waals surface area contributed by atoms with Crippen molar-refractivity contribution >= 4 is 23.4 Å². The summed E-state index contributed by atoms with van der Waals surface area (Å²) in [5.74, 6) is 5.60. The third-order valence-corrected chi connectivity index (χ3v) is 4.03. The lowest BCUT2D eigenvalue weighted by atomic mass is 10.2. The van der Waals surface area contributed by atoms with Crippen molar-refractivity contribution in [2.45, 2.75) is 5.16 Å². The van der Waals surface area contributed by atoms with E-state index >= 15 is 0 Å². The number of hydrogen-bond acceptors (Lipinski definition) is 6. The van der Waals surface area contributed by atoms with Gasteiger partial charge < -0.3 is 11.2 Å². The highest BCUT2D eigenvalue weighted by molar-refractivity contribution is 7.99. The summed E-state index contributed by atoms with van der Waals surface area (Å²) >= 11 is 1.11. The van der Waals surface area contributed by atoms with E-state index in [-0.39, 0.29) is 17.3 Å². The Kier molecular flexibility index (Phi) is 4.71. The van der Waals surface area contributed by atoms with Gasteiger partial charge in [0.25, 0.3) is 0 Å². The number of nitrogen functional groups attached to an aromatic ring is 1. The molecule has 2 heterocycles. The largest absolute Gasteiger partial charge is 0.335 e. The maximum absolute atomic E-state index is 13.5. The van der Waals surface area contributed by atoms with E-state index in [1.165, 1.54) is 16.8 Å². The molecule has 3 rings (SSSR count). The van der Waals surface area contributed by atoms with E-state index in [4.69, 9.17) is 5.84 Å². The first-order valence-corrected chi connectivity index (χ1v) is 7.92. The second kappa shape index (κ2) is 7.09. The fourth-order valence-electron chi connectivity index (χ4n) is 1.95. The molecular formula is C15H13FN6OS. The molecule has 122 valence electrons. The summed E-state index contributed by atoms with van der Waals surface area (Å²) in [7, 11) is 0. The summed E-state index contributed by atoms with van der Waals surface area (Å²) in [5.41, 5.74) is 0.900. The molecule has 0 radical (unpaired) electrons. The van der Waals surface area contributed by atoms with Gasteiger partial charge in [0.05, 0.1) is 11.4 Å². The van der Waals surface area contributed by atoms with Crippen molar-refractivity contribution in [3.8, 4) is 11.4 Å². The van der Waals surface area contributed by atoms with Gasteiger partial charge in [0.1, 0.15) is 5.82 Å². The normalized spacial score (nSPS) is 10.5. The zero-order chi connectivity index (χ0) is 16.9. The van der Waals surface area contributed by atoms with E-state index in [1.807, 2.05) is 0 Å². The second-order valence-corrected chi connectivity index (χ2v) is 5.67. The number of nitrogens with one attached hydrogen (secondary N) is 1. The minimum Gasteiger partial charge on any atom is -0.335 e. The lowest BCUT2D eigenvalue weighted by molar-refractivity contribution is -0.113. The van der Waals surface area contributed by atoms with E-state index in [0.29, 0.717) is 11.0 Å². The Hall–Kier alpha value is -2.94. The van der Waals surface area contributed by atoms with Crippen LogP contribution in [-0.4, -0.2) is 31.5 Å². The number of nitrogens with two attached hydrogens (primary N) is 1. The zero-order valence-corrected chi connectivity index (χ0v) is 13.2. The van der Waals surface area contributed by atoms with Crippen molar-refractivity contribution in [3.05, 3.63) is 54.6 Å². The lowest BCUT2D eigenvalue weighted by Gasteiger charge is -2.06. The molecule has 0 aliphatic rings. The van der Waals surface area contributed by atoms with E-state index in [9.17, 15) is 9.18 Å². The molecular weight excluding hydrogens is 331 g/mol. The monoisotopic (exact) mass is 344 g/mol. The fourth-order valence-corrected chi connectivity index (χ4v) is 2.61. The van der Waals surface area contributed by atoms with Crippen LogP contribution < -0.4 is 11.2 Å². The van der Waals surface area contributed by atoms with Crippen LogP contribution >= 0.6 is 11.8 Å². The van der Waals surface area contributed by atoms with Crippen molar-refractivity contribution in [2.24, 2.45) is 0 Å². The van der Waals surface area contributed by atoms with Crippen LogP contribution in [0.3, 0.4) is 0 Å². The lowest BCUT2D eigenvalue weighted by Crippen LogP contribution is -2.17. The Labute approximate surface area is 141 Å². The number of thioether (sulfide) groups is 1. The van der Waals surface area contributed by atoms with Crippen molar-refractivity contribution in [3.63, 3.8) is 0 Å². The Bertz CT molecular complexity index is 854. The number of carbonyl (C=O) groups is 1. The van der Waals surface area contributed by atoms with Gasteiger partial charge in [-0.1, -0.05) is 23.9 Å². The predicted octanol–water partition coefficient (Wildman–Crippen LogP) is 1.92. The molecule has 0 aliphatic carbocycles. The van der Waals surface area contributed by atoms with Gasteiger partial charge >= 0.3 is 0 Å². The van der Waals surface area contributed by atoms with Crippen LogP contribution in [0.2, 0.25) is 0 Å².